The van der Waals surface area contributed by atoms with Crippen LogP contribution in [-0.2, 0) is 44.5 Å². The number of carbonyl (C=O) groups excluding carboxylic acids is 5. The molecular formula is C36H44ClF4N3O9S. The molecule has 1 saturated heterocycles. The molecule has 18 heteroatoms. The van der Waals surface area contributed by atoms with Crippen LogP contribution in [-0.4, -0.2) is 107 Å². The number of hydrogen-bond acceptors (Lipinski definition) is 10. The van der Waals surface area contributed by atoms with E-state index in [-0.39, 0.29) is 48.3 Å². The lowest BCUT2D eigenvalue weighted by molar-refractivity contribution is -0.162. The van der Waals surface area contributed by atoms with Gasteiger partial charge in [-0.3, -0.25) is 28.9 Å². The molecule has 3 atom stereocenters. The van der Waals surface area contributed by atoms with Crippen molar-refractivity contribution >= 4 is 50.6 Å². The number of nitrogens with one attached hydrogen (secondary N) is 2. The van der Waals surface area contributed by atoms with Crippen LogP contribution in [0.4, 0.5) is 17.6 Å². The highest BCUT2D eigenvalue weighted by Crippen LogP contribution is 2.34. The van der Waals surface area contributed by atoms with E-state index >= 15 is 17.6 Å². The number of hydrogen-bond donors (Lipinski definition) is 2. The third-order valence-corrected chi connectivity index (χ3v) is 10.9. The van der Waals surface area contributed by atoms with E-state index in [2.05, 4.69) is 5.32 Å². The average Bonchev–Trinajstić information content (AvgIpc) is 3.12. The Bertz CT molecular complexity index is 1760. The maximum atomic E-state index is 15.3. The van der Waals surface area contributed by atoms with Crippen LogP contribution in [0.15, 0.2) is 48.5 Å². The predicted molar refractivity (Wildman–Crippen MR) is 190 cm³/mol. The predicted octanol–water partition coefficient (Wildman–Crippen LogP) is 3.80. The van der Waals surface area contributed by atoms with Gasteiger partial charge in [0.25, 0.3) is 5.91 Å². The van der Waals surface area contributed by atoms with Crippen LogP contribution < -0.4 is 15.4 Å². The standard InChI is InChI=1S/C36H44ClF4N3O9S/c1-22(2)28(32(47)36(40,41)34(49)42-12-13-44-14-16-54(50,51)17-15-44)20-29(45)31(23-8-10-27(53-4)11-9-23)43-33(48)24(21-52-3)18-30(46)35(38,39)25-6-5-7-26(37)19-25/h5-11,19,22,24,28,31H,12-18,20-21H2,1-4H3,(H,42,49)(H,43,48)/t24-,28-,31-/m0/s1. The van der Waals surface area contributed by atoms with Crippen molar-refractivity contribution in [1.29, 1.82) is 0 Å². The molecule has 2 N–H and O–H groups in total. The summed E-state index contributed by atoms with van der Waals surface area (Å²) in [4.78, 5) is 67.9. The van der Waals surface area contributed by atoms with E-state index in [1.807, 2.05) is 5.32 Å². The lowest BCUT2D eigenvalue weighted by Crippen LogP contribution is -2.52. The summed E-state index contributed by atoms with van der Waals surface area (Å²) < 4.78 is 94.4. The number of benzene rings is 2. The quantitative estimate of drug-likeness (QED) is 0.149. The molecule has 54 heavy (non-hydrogen) atoms. The van der Waals surface area contributed by atoms with Gasteiger partial charge in [0.2, 0.25) is 17.5 Å². The molecule has 0 aromatic heterocycles. The molecule has 0 aliphatic carbocycles. The van der Waals surface area contributed by atoms with E-state index < -0.39 is 99.7 Å². The SMILES string of the molecule is COC[C@H](CC(=O)C(F)(F)c1cccc(Cl)c1)C(=O)N[C@H](C(=O)C[C@H](C(=O)C(F)(F)C(=O)NCCN1CCS(=O)(=O)CC1)C(C)C)c1ccc(OC)cc1. The third kappa shape index (κ3) is 11.8. The molecule has 0 saturated carbocycles. The van der Waals surface area contributed by atoms with E-state index in [0.29, 0.717) is 5.75 Å². The largest absolute Gasteiger partial charge is 0.497 e. The summed E-state index contributed by atoms with van der Waals surface area (Å²) in [6.45, 7) is 2.37. The summed E-state index contributed by atoms with van der Waals surface area (Å²) in [6, 6.07) is 8.52. The van der Waals surface area contributed by atoms with Gasteiger partial charge in [-0.15, -0.1) is 0 Å². The van der Waals surface area contributed by atoms with Gasteiger partial charge in [0.1, 0.15) is 11.8 Å². The smallest absolute Gasteiger partial charge is 0.381 e. The molecule has 1 heterocycles. The monoisotopic (exact) mass is 805 g/mol. The fourth-order valence-corrected chi connectivity index (χ4v) is 7.22. The Hall–Kier alpha value is -3.93. The van der Waals surface area contributed by atoms with Crippen molar-refractivity contribution in [3.63, 3.8) is 0 Å². The zero-order chi connectivity index (χ0) is 40.4. The number of rotatable bonds is 20. The van der Waals surface area contributed by atoms with Crippen molar-refractivity contribution in [2.24, 2.45) is 17.8 Å². The summed E-state index contributed by atoms with van der Waals surface area (Å²) in [5.74, 6) is -19.9. The molecule has 3 rings (SSSR count). The number of alkyl halides is 4. The van der Waals surface area contributed by atoms with Crippen LogP contribution in [0.25, 0.3) is 0 Å². The summed E-state index contributed by atoms with van der Waals surface area (Å²) in [6.07, 6.45) is -1.88. The van der Waals surface area contributed by atoms with Crippen LogP contribution in [0.3, 0.4) is 0 Å². The molecule has 0 spiro atoms. The molecule has 1 aliphatic heterocycles. The first-order valence-electron chi connectivity index (χ1n) is 17.0. The summed E-state index contributed by atoms with van der Waals surface area (Å²) in [5, 5.41) is 4.39. The Balaban J connectivity index is 1.80. The van der Waals surface area contributed by atoms with Crippen LogP contribution in [0.5, 0.6) is 5.75 Å². The molecule has 1 fully saturated rings. The minimum Gasteiger partial charge on any atom is -0.497 e. The summed E-state index contributed by atoms with van der Waals surface area (Å²) in [5.41, 5.74) is -0.580. The van der Waals surface area contributed by atoms with E-state index in [1.54, 1.807) is 4.90 Å². The lowest BCUT2D eigenvalue weighted by Gasteiger charge is -2.28. The van der Waals surface area contributed by atoms with Gasteiger partial charge in [0.05, 0.1) is 31.1 Å². The van der Waals surface area contributed by atoms with Gasteiger partial charge in [-0.05, 0) is 35.7 Å². The molecule has 2 amide bonds. The number of halogens is 5. The maximum Gasteiger partial charge on any atom is 0.381 e. The zero-order valence-electron chi connectivity index (χ0n) is 30.2. The molecule has 0 radical (unpaired) electrons. The molecule has 298 valence electrons. The number of sulfone groups is 1. The number of carbonyl (C=O) groups is 5. The molecule has 2 aromatic rings. The van der Waals surface area contributed by atoms with Crippen LogP contribution in [0.1, 0.15) is 43.9 Å². The minimum atomic E-state index is -4.56. The maximum absolute atomic E-state index is 15.3. The van der Waals surface area contributed by atoms with Gasteiger partial charge in [0, 0.05) is 62.6 Å². The fraction of sp³-hybridized carbons (Fsp3) is 0.528. The van der Waals surface area contributed by atoms with Gasteiger partial charge in [-0.2, -0.15) is 17.6 Å². The van der Waals surface area contributed by atoms with Gasteiger partial charge in [-0.1, -0.05) is 49.7 Å². The van der Waals surface area contributed by atoms with Crippen molar-refractivity contribution in [1.82, 2.24) is 15.5 Å². The van der Waals surface area contributed by atoms with E-state index in [0.717, 1.165) is 12.1 Å². The Labute approximate surface area is 316 Å². The number of amides is 2. The highest BCUT2D eigenvalue weighted by molar-refractivity contribution is 7.91. The van der Waals surface area contributed by atoms with Gasteiger partial charge < -0.3 is 20.1 Å². The second-order valence-corrected chi connectivity index (χ2v) is 16.0. The zero-order valence-corrected chi connectivity index (χ0v) is 31.8. The first kappa shape index (κ1) is 44.5. The molecule has 0 unspecified atom stereocenters. The van der Waals surface area contributed by atoms with Gasteiger partial charge in [0.15, 0.2) is 15.6 Å². The van der Waals surface area contributed by atoms with Crippen molar-refractivity contribution < 1.29 is 59.4 Å². The molecule has 1 aliphatic rings. The van der Waals surface area contributed by atoms with Crippen molar-refractivity contribution in [3.8, 4) is 5.75 Å². The van der Waals surface area contributed by atoms with Gasteiger partial charge >= 0.3 is 11.8 Å². The lowest BCUT2D eigenvalue weighted by atomic mass is 9.82. The average molecular weight is 806 g/mol. The van der Waals surface area contributed by atoms with Crippen molar-refractivity contribution in [2.75, 3.05) is 58.5 Å². The minimum absolute atomic E-state index is 0.0439. The summed E-state index contributed by atoms with van der Waals surface area (Å²) >= 11 is 5.83. The number of ketones is 3. The van der Waals surface area contributed by atoms with E-state index in [1.165, 1.54) is 64.5 Å². The molecule has 12 nitrogen and oxygen atoms in total. The Morgan fingerprint density at radius 2 is 1.57 bits per heavy atom. The fourth-order valence-electron chi connectivity index (χ4n) is 5.75. The first-order chi connectivity index (χ1) is 25.2. The number of nitrogens with zero attached hydrogens (tertiary/aromatic N) is 1. The number of methoxy groups -OCH3 is 2. The second-order valence-electron chi connectivity index (χ2n) is 13.3. The third-order valence-electron chi connectivity index (χ3n) is 9.07. The highest BCUT2D eigenvalue weighted by atomic mass is 35.5. The van der Waals surface area contributed by atoms with Gasteiger partial charge in [-0.25, -0.2) is 8.42 Å². The summed E-state index contributed by atoms with van der Waals surface area (Å²) in [7, 11) is -0.638. The van der Waals surface area contributed by atoms with Crippen molar-refractivity contribution in [2.45, 2.75) is 44.6 Å². The van der Waals surface area contributed by atoms with E-state index in [9.17, 15) is 32.4 Å². The van der Waals surface area contributed by atoms with Crippen LogP contribution >= 0.6 is 11.6 Å². The first-order valence-corrected chi connectivity index (χ1v) is 19.2. The highest BCUT2D eigenvalue weighted by Gasteiger charge is 2.51. The second kappa shape index (κ2) is 19.1. The normalized spacial score (nSPS) is 16.6. The Kier molecular flexibility index (Phi) is 15.7. The number of Topliss-reactive ketones (excluding diaryl/α,β-unsaturated/α-hetero) is 3. The van der Waals surface area contributed by atoms with Crippen LogP contribution in [0.2, 0.25) is 5.02 Å². The molecule has 2 aromatic carbocycles. The van der Waals surface area contributed by atoms with Crippen LogP contribution in [0, 0.1) is 17.8 Å². The molecule has 0 bridgehead atoms. The topological polar surface area (TPSA) is 165 Å². The molecular weight excluding hydrogens is 762 g/mol. The van der Waals surface area contributed by atoms with Crippen molar-refractivity contribution in [3.05, 3.63) is 64.7 Å². The number of ether oxygens (including phenoxy) is 2. The Morgan fingerprint density at radius 1 is 0.944 bits per heavy atom. The Morgan fingerprint density at radius 3 is 2.13 bits per heavy atom. The van der Waals surface area contributed by atoms with E-state index in [4.69, 9.17) is 21.1 Å².